The van der Waals surface area contributed by atoms with E-state index in [4.69, 9.17) is 16.3 Å². The molecule has 2 N–H and O–H groups in total. The third-order valence-corrected chi connectivity index (χ3v) is 16.7. The number of thioether (sulfide) groups is 1. The van der Waals surface area contributed by atoms with E-state index in [2.05, 4.69) is 67.3 Å². The predicted molar refractivity (Wildman–Crippen MR) is 270 cm³/mol. The number of rotatable bonds is 19. The molecular formula is C49H59ClF3N7O5S3. The summed E-state index contributed by atoms with van der Waals surface area (Å²) < 4.78 is 105. The summed E-state index contributed by atoms with van der Waals surface area (Å²) in [5.41, 5.74) is -0.390. The second-order valence-electron chi connectivity index (χ2n) is 18.0. The van der Waals surface area contributed by atoms with Crippen molar-refractivity contribution < 1.29 is 34.7 Å². The third kappa shape index (κ3) is 13.2. The standard InChI is InChI=1S/C49H59ClF3N7O5S3/c1-4-5-6-7-8-29-66-34-39(18-20-58-25-27-65-28-26-58)56-44-16-14-41(31-46(44)67(61,62)49(51,52)53)68(63,64)57-47-43-15-13-40(30-45(43)54-35-55-47)60-23-21-59(22-24-60)33-37-32-48(2,3)19-17-42(37)36-9-11-38(50)12-10-36/h4-16,30-31,35,39,56H,1,17-29,32-34H2,2-3H3,(H,54,55,57)/b6-5-,8-7-/t39-/m1/s1. The number of ether oxygens (including phenoxy) is 1. The first kappa shape index (κ1) is 51.4. The van der Waals surface area contributed by atoms with Gasteiger partial charge in [0, 0.05) is 86.0 Å². The molecule has 2 saturated heterocycles. The number of aromatic nitrogens is 2. The summed E-state index contributed by atoms with van der Waals surface area (Å²) in [6, 6.07) is 15.8. The molecular weight excluding hydrogens is 955 g/mol. The Balaban J connectivity index is 1.07. The van der Waals surface area contributed by atoms with Gasteiger partial charge in [-0.3, -0.25) is 14.5 Å². The van der Waals surface area contributed by atoms with Gasteiger partial charge < -0.3 is 15.0 Å². The fraction of sp³-hybridized carbons (Fsp3) is 0.429. The minimum atomic E-state index is -6.02. The molecule has 0 unspecified atom stereocenters. The molecule has 4 aromatic rings. The molecule has 0 spiro atoms. The number of benzene rings is 3. The predicted octanol–water partition coefficient (Wildman–Crippen LogP) is 9.70. The van der Waals surface area contributed by atoms with Crippen molar-refractivity contribution in [2.45, 2.75) is 60.9 Å². The van der Waals surface area contributed by atoms with Gasteiger partial charge in [-0.05, 0) is 90.8 Å². The van der Waals surface area contributed by atoms with Gasteiger partial charge in [0.2, 0.25) is 0 Å². The Morgan fingerprint density at radius 3 is 2.40 bits per heavy atom. The Kier molecular flexibility index (Phi) is 17.0. The number of halogens is 4. The number of allylic oxidation sites excluding steroid dienone is 5. The molecule has 3 aliphatic rings. The molecule has 19 heteroatoms. The first-order valence-electron chi connectivity index (χ1n) is 22.7. The maximum Gasteiger partial charge on any atom is 0.501 e. The van der Waals surface area contributed by atoms with Gasteiger partial charge in [0.05, 0.1) is 29.3 Å². The van der Waals surface area contributed by atoms with Crippen molar-refractivity contribution in [2.75, 3.05) is 92.0 Å². The lowest BCUT2D eigenvalue weighted by atomic mass is 9.73. The van der Waals surface area contributed by atoms with Crippen LogP contribution in [0, 0.1) is 5.41 Å². The summed E-state index contributed by atoms with van der Waals surface area (Å²) >= 11 is 7.73. The fourth-order valence-electron chi connectivity index (χ4n) is 8.78. The van der Waals surface area contributed by atoms with Crippen LogP contribution in [-0.4, -0.2) is 125 Å². The molecule has 0 bridgehead atoms. The molecule has 1 aromatic heterocycles. The Morgan fingerprint density at radius 1 is 0.926 bits per heavy atom. The van der Waals surface area contributed by atoms with Gasteiger partial charge in [-0.1, -0.05) is 80.1 Å². The fourth-order valence-corrected chi connectivity index (χ4v) is 11.9. The summed E-state index contributed by atoms with van der Waals surface area (Å²) in [5.74, 6) is 0.910. The number of alkyl halides is 3. The Labute approximate surface area is 407 Å². The van der Waals surface area contributed by atoms with Gasteiger partial charge in [0.25, 0.3) is 19.9 Å². The number of anilines is 3. The minimum absolute atomic E-state index is 0.108. The van der Waals surface area contributed by atoms with Crippen LogP contribution in [0.5, 0.6) is 0 Å². The molecule has 68 heavy (non-hydrogen) atoms. The van der Waals surface area contributed by atoms with Crippen LogP contribution in [0.1, 0.15) is 45.1 Å². The van der Waals surface area contributed by atoms with Crippen LogP contribution in [0.25, 0.3) is 16.5 Å². The third-order valence-electron chi connectivity index (χ3n) is 12.5. The van der Waals surface area contributed by atoms with Gasteiger partial charge >= 0.3 is 5.51 Å². The topological polar surface area (TPSA) is 137 Å². The highest BCUT2D eigenvalue weighted by molar-refractivity contribution is 7.99. The summed E-state index contributed by atoms with van der Waals surface area (Å²) in [7, 11) is -10.7. The van der Waals surface area contributed by atoms with Crippen molar-refractivity contribution in [3.63, 3.8) is 0 Å². The summed E-state index contributed by atoms with van der Waals surface area (Å²) in [6.07, 6.45) is 13.9. The monoisotopic (exact) mass is 1010 g/mol. The Bertz CT molecular complexity index is 2720. The largest absolute Gasteiger partial charge is 0.501 e. The van der Waals surface area contributed by atoms with E-state index in [9.17, 15) is 30.0 Å². The van der Waals surface area contributed by atoms with E-state index >= 15 is 0 Å². The van der Waals surface area contributed by atoms with Crippen molar-refractivity contribution in [3.05, 3.63) is 120 Å². The summed E-state index contributed by atoms with van der Waals surface area (Å²) in [4.78, 5) is 13.6. The van der Waals surface area contributed by atoms with Crippen LogP contribution in [0.2, 0.25) is 5.02 Å². The number of hydrogen-bond donors (Lipinski definition) is 2. The summed E-state index contributed by atoms with van der Waals surface area (Å²) in [6.45, 7) is 15.5. The van der Waals surface area contributed by atoms with Gasteiger partial charge in [-0.2, -0.15) is 24.9 Å². The highest BCUT2D eigenvalue weighted by atomic mass is 35.5. The van der Waals surface area contributed by atoms with Crippen molar-refractivity contribution >= 4 is 76.9 Å². The van der Waals surface area contributed by atoms with Crippen LogP contribution in [-0.2, 0) is 24.6 Å². The number of sulfone groups is 1. The molecule has 2 aliphatic heterocycles. The van der Waals surface area contributed by atoms with Crippen LogP contribution in [0.3, 0.4) is 0 Å². The molecule has 3 heterocycles. The molecule has 1 aliphatic carbocycles. The molecule has 12 nitrogen and oxygen atoms in total. The zero-order chi connectivity index (χ0) is 48.5. The number of nitrogens with zero attached hydrogens (tertiary/aromatic N) is 5. The van der Waals surface area contributed by atoms with Crippen molar-refractivity contribution in [3.8, 4) is 0 Å². The van der Waals surface area contributed by atoms with Gasteiger partial charge in [0.1, 0.15) is 11.2 Å². The van der Waals surface area contributed by atoms with E-state index in [1.807, 2.05) is 42.5 Å². The maximum atomic E-state index is 14.3. The molecule has 1 atom stereocenters. The van der Waals surface area contributed by atoms with Crippen molar-refractivity contribution in [2.24, 2.45) is 5.41 Å². The molecule has 0 saturated carbocycles. The Hall–Kier alpha value is -4.43. The van der Waals surface area contributed by atoms with Crippen molar-refractivity contribution in [1.82, 2.24) is 19.8 Å². The number of hydrogen-bond acceptors (Lipinski definition) is 12. The highest BCUT2D eigenvalue weighted by Crippen LogP contribution is 2.43. The molecule has 366 valence electrons. The van der Waals surface area contributed by atoms with Crippen LogP contribution in [0.4, 0.5) is 30.4 Å². The molecule has 2 fully saturated rings. The average molecular weight is 1010 g/mol. The number of nitrogens with one attached hydrogen (secondary N) is 2. The normalized spacial score (nSPS) is 18.4. The lowest BCUT2D eigenvalue weighted by Crippen LogP contribution is -2.47. The first-order valence-corrected chi connectivity index (χ1v) is 27.2. The van der Waals surface area contributed by atoms with Crippen LogP contribution in [0.15, 0.2) is 119 Å². The smallest absolute Gasteiger partial charge is 0.380 e. The number of morpholine rings is 1. The second kappa shape index (κ2) is 22.5. The van der Waals surface area contributed by atoms with Gasteiger partial charge in [-0.25, -0.2) is 26.8 Å². The molecule has 0 amide bonds. The minimum Gasteiger partial charge on any atom is -0.380 e. The first-order chi connectivity index (χ1) is 32.4. The van der Waals surface area contributed by atoms with E-state index in [0.29, 0.717) is 67.7 Å². The molecule has 3 aromatic carbocycles. The Morgan fingerprint density at radius 2 is 1.68 bits per heavy atom. The number of fused-ring (bicyclic) bond motifs is 1. The molecule has 7 rings (SSSR count). The van der Waals surface area contributed by atoms with E-state index < -0.39 is 41.2 Å². The van der Waals surface area contributed by atoms with E-state index in [-0.39, 0.29) is 16.9 Å². The van der Waals surface area contributed by atoms with Gasteiger partial charge in [-0.15, -0.1) is 0 Å². The SMILES string of the molecule is C=C/C=C\C=C/CSC[C@@H](CCN1CCOCC1)Nc1ccc(S(=O)(=O)Nc2ncnc3cc(N4CCN(CC5=C(c6ccc(Cl)cc6)CCC(C)(C)C5)CC4)ccc23)cc1S(=O)(=O)C(F)(F)F. The maximum absolute atomic E-state index is 14.3. The lowest BCUT2D eigenvalue weighted by molar-refractivity contribution is -0.0435. The van der Waals surface area contributed by atoms with E-state index in [1.165, 1.54) is 34.8 Å². The van der Waals surface area contributed by atoms with Crippen LogP contribution >= 0.6 is 23.4 Å². The van der Waals surface area contributed by atoms with Gasteiger partial charge in [0.15, 0.2) is 5.82 Å². The zero-order valence-electron chi connectivity index (χ0n) is 38.3. The number of piperazine rings is 1. The van der Waals surface area contributed by atoms with Crippen LogP contribution < -0.4 is 14.9 Å². The highest BCUT2D eigenvalue weighted by Gasteiger charge is 2.48. The molecule has 0 radical (unpaired) electrons. The van der Waals surface area contributed by atoms with E-state index in [1.54, 1.807) is 18.2 Å². The zero-order valence-corrected chi connectivity index (χ0v) is 41.6. The average Bonchev–Trinajstić information content (AvgIpc) is 3.30. The van der Waals surface area contributed by atoms with E-state index in [0.717, 1.165) is 74.8 Å². The second-order valence-corrected chi connectivity index (χ2v) is 23.1. The number of sulfonamides is 1. The van der Waals surface area contributed by atoms with Crippen molar-refractivity contribution in [1.29, 1.82) is 0 Å². The quantitative estimate of drug-likeness (QED) is 0.0684. The summed E-state index contributed by atoms with van der Waals surface area (Å²) in [5, 5.41) is 4.11. The lowest BCUT2D eigenvalue weighted by Gasteiger charge is -2.39.